The molecule has 0 heterocycles. The summed E-state index contributed by atoms with van der Waals surface area (Å²) in [4.78, 5) is 11.3. The molecule has 1 atom stereocenters. The Morgan fingerprint density at radius 2 is 1.85 bits per heavy atom. The molecular formula is C8H16O4Si. The average Bonchev–Trinajstić information content (AvgIpc) is 2.14. The van der Waals surface area contributed by atoms with Gasteiger partial charge < -0.3 is 14.0 Å². The number of ketones is 1. The summed E-state index contributed by atoms with van der Waals surface area (Å²) >= 11 is 0. The fraction of sp³-hybridized carbons (Fsp3) is 0.625. The molecular weight excluding hydrogens is 188 g/mol. The van der Waals surface area contributed by atoms with E-state index in [-0.39, 0.29) is 0 Å². The van der Waals surface area contributed by atoms with Gasteiger partial charge in [-0.05, 0) is 19.0 Å². The van der Waals surface area contributed by atoms with Crippen LogP contribution >= 0.6 is 0 Å². The van der Waals surface area contributed by atoms with Crippen LogP contribution in [0.25, 0.3) is 0 Å². The van der Waals surface area contributed by atoms with Crippen molar-refractivity contribution >= 4 is 14.3 Å². The van der Waals surface area contributed by atoms with Crippen LogP contribution in [0, 0.1) is 0 Å². The second kappa shape index (κ2) is 4.66. The van der Waals surface area contributed by atoms with Crippen LogP contribution in [0.4, 0.5) is 0 Å². The molecule has 0 radical (unpaired) electrons. The van der Waals surface area contributed by atoms with Crippen molar-refractivity contribution in [3.63, 3.8) is 0 Å². The highest BCUT2D eigenvalue weighted by atomic mass is 28.4. The summed E-state index contributed by atoms with van der Waals surface area (Å²) in [5, 5.41) is 9.61. The Morgan fingerprint density at radius 1 is 1.46 bits per heavy atom. The Kier molecular flexibility index (Phi) is 4.49. The van der Waals surface area contributed by atoms with Gasteiger partial charge >= 0.3 is 8.56 Å². The number of aliphatic hydroxyl groups is 1. The van der Waals surface area contributed by atoms with Crippen LogP contribution in [0.15, 0.2) is 12.2 Å². The number of hydrogen-bond donors (Lipinski definition) is 1. The SMILES string of the molecule is C=C(C)C(=O)C(O)[Si](C)(OC)OC. The highest BCUT2D eigenvalue weighted by molar-refractivity contribution is 6.71. The lowest BCUT2D eigenvalue weighted by Crippen LogP contribution is -2.53. The summed E-state index contributed by atoms with van der Waals surface area (Å²) in [7, 11) is 0.0611. The predicted molar refractivity (Wildman–Crippen MR) is 51.5 cm³/mol. The zero-order valence-electron chi connectivity index (χ0n) is 8.46. The van der Waals surface area contributed by atoms with Crippen molar-refractivity contribution in [1.82, 2.24) is 0 Å². The number of hydrogen-bond acceptors (Lipinski definition) is 4. The van der Waals surface area contributed by atoms with Gasteiger partial charge in [-0.1, -0.05) is 6.58 Å². The van der Waals surface area contributed by atoms with Gasteiger partial charge in [-0.25, -0.2) is 0 Å². The minimum Gasteiger partial charge on any atom is -0.396 e. The van der Waals surface area contributed by atoms with E-state index in [1.165, 1.54) is 14.2 Å². The molecule has 0 aromatic rings. The molecule has 13 heavy (non-hydrogen) atoms. The first-order chi connectivity index (χ1) is 5.89. The van der Waals surface area contributed by atoms with Gasteiger partial charge in [0, 0.05) is 14.2 Å². The minimum atomic E-state index is -2.78. The van der Waals surface area contributed by atoms with Crippen molar-refractivity contribution < 1.29 is 18.8 Å². The Bertz CT molecular complexity index is 210. The molecule has 0 aliphatic heterocycles. The molecule has 0 saturated heterocycles. The third kappa shape index (κ3) is 2.73. The van der Waals surface area contributed by atoms with E-state index in [0.29, 0.717) is 5.57 Å². The first kappa shape index (κ1) is 12.5. The summed E-state index contributed by atoms with van der Waals surface area (Å²) in [5.74, 6) is -0.419. The molecule has 0 fully saturated rings. The lowest BCUT2D eigenvalue weighted by molar-refractivity contribution is -0.121. The molecule has 0 aliphatic carbocycles. The van der Waals surface area contributed by atoms with Crippen molar-refractivity contribution in [2.75, 3.05) is 14.2 Å². The molecule has 76 valence electrons. The van der Waals surface area contributed by atoms with Gasteiger partial charge in [0.2, 0.25) is 0 Å². The standard InChI is InChI=1S/C8H16O4Si/c1-6(2)7(9)8(10)13(5,11-3)12-4/h8,10H,1H2,2-5H3. The fourth-order valence-corrected chi connectivity index (χ4v) is 2.11. The second-order valence-corrected chi connectivity index (χ2v) is 6.37. The quantitative estimate of drug-likeness (QED) is 0.520. The number of aliphatic hydroxyl groups excluding tert-OH is 1. The molecule has 4 nitrogen and oxygen atoms in total. The molecule has 0 saturated carbocycles. The molecule has 0 spiro atoms. The Labute approximate surface area is 79.4 Å². The van der Waals surface area contributed by atoms with Gasteiger partial charge in [-0.3, -0.25) is 4.79 Å². The highest BCUT2D eigenvalue weighted by Crippen LogP contribution is 2.13. The van der Waals surface area contributed by atoms with Crippen molar-refractivity contribution in [3.8, 4) is 0 Å². The predicted octanol–water partition coefficient (Wildman–Crippen LogP) is 0.396. The van der Waals surface area contributed by atoms with E-state index in [2.05, 4.69) is 6.58 Å². The maximum absolute atomic E-state index is 11.3. The van der Waals surface area contributed by atoms with Crippen molar-refractivity contribution in [2.45, 2.75) is 19.2 Å². The van der Waals surface area contributed by atoms with Crippen LogP contribution in [0.3, 0.4) is 0 Å². The van der Waals surface area contributed by atoms with Crippen LogP contribution in [0.1, 0.15) is 6.92 Å². The Morgan fingerprint density at radius 3 is 2.08 bits per heavy atom. The zero-order chi connectivity index (χ0) is 10.6. The Hall–Kier alpha value is -0.493. The molecule has 1 N–H and O–H groups in total. The maximum atomic E-state index is 11.3. The third-order valence-corrected chi connectivity index (χ3v) is 4.85. The van der Waals surface area contributed by atoms with Gasteiger partial charge in [0.05, 0.1) is 0 Å². The fourth-order valence-electron chi connectivity index (χ4n) is 0.778. The summed E-state index contributed by atoms with van der Waals surface area (Å²) in [5.41, 5.74) is -0.902. The molecule has 0 aromatic heterocycles. The van der Waals surface area contributed by atoms with Crippen LogP contribution in [-0.4, -0.2) is 39.4 Å². The number of carbonyl (C=O) groups excluding carboxylic acids is 1. The average molecular weight is 204 g/mol. The van der Waals surface area contributed by atoms with E-state index < -0.39 is 20.1 Å². The van der Waals surface area contributed by atoms with Crippen LogP contribution in [0.2, 0.25) is 6.55 Å². The molecule has 0 aliphatic rings. The van der Waals surface area contributed by atoms with Crippen LogP contribution in [0.5, 0.6) is 0 Å². The van der Waals surface area contributed by atoms with Crippen LogP contribution in [-0.2, 0) is 13.6 Å². The van der Waals surface area contributed by atoms with E-state index in [0.717, 1.165) is 0 Å². The number of rotatable bonds is 5. The van der Waals surface area contributed by atoms with Crippen molar-refractivity contribution in [1.29, 1.82) is 0 Å². The number of carbonyl (C=O) groups is 1. The van der Waals surface area contributed by atoms with Crippen molar-refractivity contribution in [2.24, 2.45) is 0 Å². The molecule has 5 heteroatoms. The first-order valence-corrected chi connectivity index (χ1v) is 6.26. The topological polar surface area (TPSA) is 55.8 Å². The van der Waals surface area contributed by atoms with Gasteiger partial charge in [-0.2, -0.15) is 0 Å². The summed E-state index contributed by atoms with van der Waals surface area (Å²) < 4.78 is 10.0. The third-order valence-electron chi connectivity index (χ3n) is 1.98. The van der Waals surface area contributed by atoms with Gasteiger partial charge in [-0.15, -0.1) is 0 Å². The number of Topliss-reactive ketones (excluding diaryl/α,β-unsaturated/α-hetero) is 1. The molecule has 0 rings (SSSR count). The minimum absolute atomic E-state index is 0.306. The Balaban J connectivity index is 4.65. The van der Waals surface area contributed by atoms with E-state index in [1.807, 2.05) is 0 Å². The molecule has 0 aromatic carbocycles. The monoisotopic (exact) mass is 204 g/mol. The summed E-state index contributed by atoms with van der Waals surface area (Å²) in [6.45, 7) is 6.63. The summed E-state index contributed by atoms with van der Waals surface area (Å²) in [6, 6.07) is 0. The smallest absolute Gasteiger partial charge is 0.372 e. The van der Waals surface area contributed by atoms with Crippen molar-refractivity contribution in [3.05, 3.63) is 12.2 Å². The van der Waals surface area contributed by atoms with E-state index in [9.17, 15) is 9.90 Å². The normalized spacial score (nSPS) is 13.9. The van der Waals surface area contributed by atoms with Gasteiger partial charge in [0.25, 0.3) is 0 Å². The lowest BCUT2D eigenvalue weighted by Gasteiger charge is -2.26. The van der Waals surface area contributed by atoms with Crippen LogP contribution < -0.4 is 0 Å². The van der Waals surface area contributed by atoms with Gasteiger partial charge in [0.15, 0.2) is 11.5 Å². The second-order valence-electron chi connectivity index (χ2n) is 2.97. The molecule has 0 bridgehead atoms. The van der Waals surface area contributed by atoms with E-state index in [1.54, 1.807) is 13.5 Å². The maximum Gasteiger partial charge on any atom is 0.372 e. The largest absolute Gasteiger partial charge is 0.396 e. The lowest BCUT2D eigenvalue weighted by atomic mass is 10.2. The highest BCUT2D eigenvalue weighted by Gasteiger charge is 2.43. The first-order valence-electron chi connectivity index (χ1n) is 3.87. The van der Waals surface area contributed by atoms with E-state index in [4.69, 9.17) is 8.85 Å². The van der Waals surface area contributed by atoms with E-state index >= 15 is 0 Å². The zero-order valence-corrected chi connectivity index (χ0v) is 9.46. The molecule has 1 unspecified atom stereocenters. The summed E-state index contributed by atoms with van der Waals surface area (Å²) in [6.07, 6.45) is 0. The van der Waals surface area contributed by atoms with Gasteiger partial charge in [0.1, 0.15) is 0 Å². The molecule has 0 amide bonds.